The molecule has 8 nitrogen and oxygen atoms in total. The number of aryl methyl sites for hydroxylation is 1. The van der Waals surface area contributed by atoms with Gasteiger partial charge in [0.15, 0.2) is 6.61 Å². The molecule has 1 N–H and O–H groups in total. The van der Waals surface area contributed by atoms with Crippen molar-refractivity contribution in [3.63, 3.8) is 0 Å². The molecule has 146 valence electrons. The van der Waals surface area contributed by atoms with Crippen LogP contribution in [0.3, 0.4) is 0 Å². The third-order valence-corrected chi connectivity index (χ3v) is 5.83. The predicted molar refractivity (Wildman–Crippen MR) is 95.7 cm³/mol. The van der Waals surface area contributed by atoms with Crippen LogP contribution in [0.15, 0.2) is 23.1 Å². The summed E-state index contributed by atoms with van der Waals surface area (Å²) in [6.07, 6.45) is 0. The number of hydrogen-bond acceptors (Lipinski definition) is 6. The van der Waals surface area contributed by atoms with Crippen LogP contribution in [0.5, 0.6) is 5.75 Å². The van der Waals surface area contributed by atoms with Crippen molar-refractivity contribution in [2.24, 2.45) is 0 Å². The minimum atomic E-state index is -3.55. The Labute approximate surface area is 154 Å². The maximum atomic E-state index is 12.7. The Morgan fingerprint density at radius 2 is 2.04 bits per heavy atom. The molecule has 0 aromatic heterocycles. The number of hydrogen-bond donors (Lipinski definition) is 1. The van der Waals surface area contributed by atoms with E-state index in [4.69, 9.17) is 14.2 Å². The molecule has 9 heteroatoms. The molecule has 0 aliphatic carbocycles. The van der Waals surface area contributed by atoms with E-state index in [9.17, 15) is 13.2 Å². The van der Waals surface area contributed by atoms with Crippen molar-refractivity contribution in [2.75, 3.05) is 46.6 Å². The number of amides is 1. The van der Waals surface area contributed by atoms with Crippen molar-refractivity contribution in [3.05, 3.63) is 23.8 Å². The topological polar surface area (TPSA) is 94.2 Å². The maximum Gasteiger partial charge on any atom is 0.258 e. The summed E-state index contributed by atoms with van der Waals surface area (Å²) in [7, 11) is -1.99. The zero-order valence-electron chi connectivity index (χ0n) is 15.4. The normalized spacial score (nSPS) is 16.9. The Hall–Kier alpha value is -1.68. The number of nitrogens with one attached hydrogen (secondary N) is 1. The number of methoxy groups -OCH3 is 1. The van der Waals surface area contributed by atoms with Crippen molar-refractivity contribution >= 4 is 15.9 Å². The number of nitrogens with zero attached hydrogens (tertiary/aromatic N) is 1. The third-order valence-electron chi connectivity index (χ3n) is 3.94. The molecule has 1 aromatic rings. The number of carbonyl (C=O) groups excluding carboxylic acids is 1. The molecule has 0 spiro atoms. The highest BCUT2D eigenvalue weighted by Crippen LogP contribution is 2.24. The fraction of sp³-hybridized carbons (Fsp3) is 0.588. The fourth-order valence-electron chi connectivity index (χ4n) is 2.63. The number of ether oxygens (including phenoxy) is 3. The first-order chi connectivity index (χ1) is 12.3. The van der Waals surface area contributed by atoms with Crippen molar-refractivity contribution in [1.29, 1.82) is 0 Å². The Kier molecular flexibility index (Phi) is 7.39. The van der Waals surface area contributed by atoms with Gasteiger partial charge in [0.05, 0.1) is 24.7 Å². The zero-order valence-corrected chi connectivity index (χ0v) is 16.2. The van der Waals surface area contributed by atoms with Crippen LogP contribution < -0.4 is 10.1 Å². The summed E-state index contributed by atoms with van der Waals surface area (Å²) in [5.41, 5.74) is 0.650. The standard InChI is InChI=1S/C17H26N2O6S/c1-13-10-15(26(21,22)19-6-8-24-9-7-19)4-5-16(13)25-12-17(20)18-14(2)11-23-3/h4-5,10,14H,6-9,11-12H2,1-3H3,(H,18,20)/t14-/m0/s1. The molecule has 0 bridgehead atoms. The smallest absolute Gasteiger partial charge is 0.258 e. The van der Waals surface area contributed by atoms with E-state index < -0.39 is 10.0 Å². The lowest BCUT2D eigenvalue weighted by atomic mass is 10.2. The van der Waals surface area contributed by atoms with E-state index in [1.165, 1.54) is 10.4 Å². The number of sulfonamides is 1. The quantitative estimate of drug-likeness (QED) is 0.701. The zero-order chi connectivity index (χ0) is 19.2. The first kappa shape index (κ1) is 20.6. The Morgan fingerprint density at radius 3 is 2.65 bits per heavy atom. The van der Waals surface area contributed by atoms with E-state index in [0.29, 0.717) is 44.2 Å². The van der Waals surface area contributed by atoms with Crippen LogP contribution in [0.25, 0.3) is 0 Å². The van der Waals surface area contributed by atoms with Crippen LogP contribution in [0, 0.1) is 6.92 Å². The number of carbonyl (C=O) groups is 1. The molecule has 1 heterocycles. The lowest BCUT2D eigenvalue weighted by Gasteiger charge is -2.26. The van der Waals surface area contributed by atoms with Crippen LogP contribution in [-0.4, -0.2) is 71.3 Å². The molecule has 2 rings (SSSR count). The molecule has 1 aromatic carbocycles. The Bertz CT molecular complexity index is 716. The molecule has 1 aliphatic heterocycles. The summed E-state index contributed by atoms with van der Waals surface area (Å²) in [6, 6.07) is 4.52. The molecule has 0 unspecified atom stereocenters. The van der Waals surface area contributed by atoms with Crippen LogP contribution in [0.2, 0.25) is 0 Å². The van der Waals surface area contributed by atoms with Gasteiger partial charge in [0.2, 0.25) is 10.0 Å². The maximum absolute atomic E-state index is 12.7. The number of benzene rings is 1. The first-order valence-corrected chi connectivity index (χ1v) is 9.88. The van der Waals surface area contributed by atoms with Crippen molar-refractivity contribution < 1.29 is 27.4 Å². The van der Waals surface area contributed by atoms with Gasteiger partial charge in [0.25, 0.3) is 5.91 Å². The van der Waals surface area contributed by atoms with Gasteiger partial charge in [0.1, 0.15) is 5.75 Å². The molecular weight excluding hydrogens is 360 g/mol. The van der Waals surface area contributed by atoms with Crippen LogP contribution in [0.4, 0.5) is 0 Å². The van der Waals surface area contributed by atoms with E-state index in [1.54, 1.807) is 26.2 Å². The molecule has 1 fully saturated rings. The van der Waals surface area contributed by atoms with Crippen LogP contribution in [0.1, 0.15) is 12.5 Å². The largest absolute Gasteiger partial charge is 0.484 e. The average molecular weight is 386 g/mol. The lowest BCUT2D eigenvalue weighted by Crippen LogP contribution is -2.40. The van der Waals surface area contributed by atoms with Crippen molar-refractivity contribution in [2.45, 2.75) is 24.8 Å². The van der Waals surface area contributed by atoms with Gasteiger partial charge in [-0.25, -0.2) is 8.42 Å². The monoisotopic (exact) mass is 386 g/mol. The second kappa shape index (κ2) is 9.31. The predicted octanol–water partition coefficient (Wildman–Crippen LogP) is 0.546. The van der Waals surface area contributed by atoms with Gasteiger partial charge in [0, 0.05) is 26.2 Å². The van der Waals surface area contributed by atoms with E-state index in [-0.39, 0.29) is 23.5 Å². The Balaban J connectivity index is 1.99. The van der Waals surface area contributed by atoms with Gasteiger partial charge in [-0.05, 0) is 37.6 Å². The van der Waals surface area contributed by atoms with Gasteiger partial charge in [-0.2, -0.15) is 4.31 Å². The summed E-state index contributed by atoms with van der Waals surface area (Å²) in [6.45, 7) is 5.34. The van der Waals surface area contributed by atoms with Crippen molar-refractivity contribution in [3.8, 4) is 5.75 Å². The van der Waals surface area contributed by atoms with Crippen LogP contribution >= 0.6 is 0 Å². The Morgan fingerprint density at radius 1 is 1.35 bits per heavy atom. The minimum Gasteiger partial charge on any atom is -0.484 e. The summed E-state index contributed by atoms with van der Waals surface area (Å²) < 4.78 is 42.4. The van der Waals surface area contributed by atoms with E-state index in [2.05, 4.69) is 5.32 Å². The SMILES string of the molecule is COC[C@H](C)NC(=O)COc1ccc(S(=O)(=O)N2CCOCC2)cc1C. The highest BCUT2D eigenvalue weighted by Gasteiger charge is 2.26. The fourth-order valence-corrected chi connectivity index (χ4v) is 4.13. The van der Waals surface area contributed by atoms with Gasteiger partial charge in [-0.1, -0.05) is 0 Å². The first-order valence-electron chi connectivity index (χ1n) is 8.44. The number of rotatable bonds is 8. The molecule has 1 saturated heterocycles. The summed E-state index contributed by atoms with van der Waals surface area (Å²) >= 11 is 0. The molecule has 0 radical (unpaired) electrons. The van der Waals surface area contributed by atoms with Gasteiger partial charge in [-0.15, -0.1) is 0 Å². The van der Waals surface area contributed by atoms with Crippen molar-refractivity contribution in [1.82, 2.24) is 9.62 Å². The van der Waals surface area contributed by atoms with E-state index in [1.807, 2.05) is 6.92 Å². The minimum absolute atomic E-state index is 0.113. The molecule has 0 saturated carbocycles. The molecular formula is C17H26N2O6S. The molecule has 1 atom stereocenters. The van der Waals surface area contributed by atoms with Crippen LogP contribution in [-0.2, 0) is 24.3 Å². The molecule has 26 heavy (non-hydrogen) atoms. The molecule has 1 aliphatic rings. The number of morpholine rings is 1. The highest BCUT2D eigenvalue weighted by molar-refractivity contribution is 7.89. The summed E-state index contributed by atoms with van der Waals surface area (Å²) in [5, 5.41) is 2.75. The summed E-state index contributed by atoms with van der Waals surface area (Å²) in [5.74, 6) is 0.208. The lowest BCUT2D eigenvalue weighted by molar-refractivity contribution is -0.124. The second-order valence-electron chi connectivity index (χ2n) is 6.16. The highest BCUT2D eigenvalue weighted by atomic mass is 32.2. The van der Waals surface area contributed by atoms with E-state index in [0.717, 1.165) is 0 Å². The van der Waals surface area contributed by atoms with E-state index >= 15 is 0 Å². The van der Waals surface area contributed by atoms with Gasteiger partial charge >= 0.3 is 0 Å². The third kappa shape index (κ3) is 5.41. The second-order valence-corrected chi connectivity index (χ2v) is 8.09. The van der Waals surface area contributed by atoms with Gasteiger partial charge < -0.3 is 19.5 Å². The molecule has 1 amide bonds. The van der Waals surface area contributed by atoms with Gasteiger partial charge in [-0.3, -0.25) is 4.79 Å². The summed E-state index contributed by atoms with van der Waals surface area (Å²) in [4.78, 5) is 12.1. The average Bonchev–Trinajstić information content (AvgIpc) is 2.61.